The largest absolute Gasteiger partial charge is 0.497 e. The van der Waals surface area contributed by atoms with E-state index < -0.39 is 0 Å². The second kappa shape index (κ2) is 17.5. The highest BCUT2D eigenvalue weighted by Crippen LogP contribution is 2.40. The van der Waals surface area contributed by atoms with E-state index in [9.17, 15) is 9.59 Å². The van der Waals surface area contributed by atoms with E-state index >= 15 is 0 Å². The molecule has 2 aliphatic heterocycles. The van der Waals surface area contributed by atoms with Gasteiger partial charge in [-0.1, -0.05) is 52.5 Å². The maximum Gasteiger partial charge on any atom is 0.257 e. The van der Waals surface area contributed by atoms with Crippen LogP contribution in [0.2, 0.25) is 0 Å². The van der Waals surface area contributed by atoms with Gasteiger partial charge in [0, 0.05) is 22.3 Å². The van der Waals surface area contributed by atoms with Crippen molar-refractivity contribution >= 4 is 65.2 Å². The van der Waals surface area contributed by atoms with Crippen LogP contribution < -0.4 is 24.8 Å². The lowest BCUT2D eigenvalue weighted by Gasteiger charge is -2.23. The molecule has 15 heteroatoms. The smallest absolute Gasteiger partial charge is 0.257 e. The number of benzene rings is 4. The normalized spacial score (nSPS) is 16.9. The number of anilines is 2. The Morgan fingerprint density at radius 1 is 0.618 bits per heavy atom. The quantitative estimate of drug-likeness (QED) is 0.149. The minimum Gasteiger partial charge on any atom is -0.497 e. The number of aryl methyl sites for hydroxylation is 1. The summed E-state index contributed by atoms with van der Waals surface area (Å²) < 4.78 is 40.6. The minimum atomic E-state index is -0.237. The number of nitrogens with zero attached hydrogens (tertiary/aromatic N) is 2. The zero-order valence-electron chi connectivity index (χ0n) is 30.7. The molecule has 0 saturated carbocycles. The fraction of sp³-hybridized carbons (Fsp3) is 0.300. The van der Waals surface area contributed by atoms with Gasteiger partial charge in [-0.2, -0.15) is 0 Å². The molecule has 4 heterocycles. The fourth-order valence-electron chi connectivity index (χ4n) is 6.07. The molecule has 286 valence electrons. The third-order valence-electron chi connectivity index (χ3n) is 8.95. The Morgan fingerprint density at radius 2 is 1.07 bits per heavy atom. The predicted molar refractivity (Wildman–Crippen MR) is 211 cm³/mol. The number of aromatic nitrogens is 2. The van der Waals surface area contributed by atoms with Crippen molar-refractivity contribution in [2.45, 2.75) is 19.1 Å². The number of hydrogen-bond acceptors (Lipinski definition) is 13. The van der Waals surface area contributed by atoms with Crippen molar-refractivity contribution in [2.75, 3.05) is 71.6 Å². The number of ether oxygens (including phenoxy) is 7. The molecule has 2 N–H and O–H groups in total. The molecule has 4 aromatic carbocycles. The first-order chi connectivity index (χ1) is 26.8. The molecule has 2 fully saturated rings. The topological polar surface area (TPSA) is 149 Å². The van der Waals surface area contributed by atoms with Crippen molar-refractivity contribution in [3.05, 3.63) is 101 Å². The van der Waals surface area contributed by atoms with Crippen LogP contribution in [-0.4, -0.2) is 82.8 Å². The van der Waals surface area contributed by atoms with Crippen LogP contribution >= 0.6 is 22.7 Å². The number of nitrogens with one attached hydrogen (secondary N) is 2. The van der Waals surface area contributed by atoms with E-state index in [0.717, 1.165) is 26.1 Å². The Morgan fingerprint density at radius 3 is 1.47 bits per heavy atom. The molecule has 2 atom stereocenters. The van der Waals surface area contributed by atoms with Crippen molar-refractivity contribution in [3.63, 3.8) is 0 Å². The van der Waals surface area contributed by atoms with Gasteiger partial charge in [-0.25, -0.2) is 9.97 Å². The van der Waals surface area contributed by atoms with E-state index in [-0.39, 0.29) is 24.0 Å². The van der Waals surface area contributed by atoms with E-state index in [0.29, 0.717) is 89.3 Å². The lowest BCUT2D eigenvalue weighted by molar-refractivity contribution is -0.0895. The van der Waals surface area contributed by atoms with E-state index in [1.54, 1.807) is 57.7 Å². The standard InChI is InChI=1S/C20H20N2O5S.C20H20N2O4S/c1-24-13-5-3-12(4-6-13)19(23)22-20-21-17-15(25-2)8-7-14(18(17)28-20)16-11-26-9-10-27-16;1-12-3-5-13(6-4-12)19(23)22-20-21-17-15(24-2)8-7-14(18(17)27-20)16-11-25-9-10-26-16/h3-8,16H,9-11H2,1-2H3,(H,21,22,23);3-8,16H,9-11H2,1-2H3,(H,21,22,23). The Labute approximate surface area is 325 Å². The summed E-state index contributed by atoms with van der Waals surface area (Å²) in [5.41, 5.74) is 5.62. The highest BCUT2D eigenvalue weighted by Gasteiger charge is 2.25. The Kier molecular flexibility index (Phi) is 12.2. The van der Waals surface area contributed by atoms with Crippen LogP contribution in [0.5, 0.6) is 17.2 Å². The molecule has 6 aromatic rings. The third kappa shape index (κ3) is 8.72. The van der Waals surface area contributed by atoms with Gasteiger partial charge in [-0.05, 0) is 55.5 Å². The van der Waals surface area contributed by atoms with Gasteiger partial charge >= 0.3 is 0 Å². The molecule has 0 spiro atoms. The Balaban J connectivity index is 0.000000169. The van der Waals surface area contributed by atoms with E-state index in [1.165, 1.54) is 22.7 Å². The minimum absolute atomic E-state index is 0.145. The van der Waals surface area contributed by atoms with Gasteiger partial charge in [0.2, 0.25) is 0 Å². The zero-order chi connectivity index (χ0) is 38.3. The molecule has 2 aromatic heterocycles. The molecule has 0 bridgehead atoms. The van der Waals surface area contributed by atoms with Gasteiger partial charge in [0.15, 0.2) is 10.3 Å². The van der Waals surface area contributed by atoms with Gasteiger partial charge in [-0.15, -0.1) is 0 Å². The summed E-state index contributed by atoms with van der Waals surface area (Å²) in [6.45, 7) is 5.31. The second-order valence-electron chi connectivity index (χ2n) is 12.5. The van der Waals surface area contributed by atoms with Crippen molar-refractivity contribution in [1.82, 2.24) is 9.97 Å². The summed E-state index contributed by atoms with van der Waals surface area (Å²) in [6, 6.07) is 22.0. The summed E-state index contributed by atoms with van der Waals surface area (Å²) in [5, 5.41) is 6.78. The number of rotatable bonds is 9. The van der Waals surface area contributed by atoms with E-state index in [4.69, 9.17) is 33.2 Å². The number of thiazole rings is 2. The molecule has 2 aliphatic rings. The molecule has 0 aliphatic carbocycles. The van der Waals surface area contributed by atoms with Gasteiger partial charge in [-0.3, -0.25) is 20.2 Å². The first-order valence-electron chi connectivity index (χ1n) is 17.5. The van der Waals surface area contributed by atoms with Crippen molar-refractivity contribution in [3.8, 4) is 17.2 Å². The van der Waals surface area contributed by atoms with Crippen molar-refractivity contribution in [1.29, 1.82) is 0 Å². The Hall–Kier alpha value is -5.16. The third-order valence-corrected chi connectivity index (χ3v) is 11.0. The van der Waals surface area contributed by atoms with Crippen LogP contribution in [0, 0.1) is 6.92 Å². The molecule has 8 rings (SSSR count). The predicted octanol–water partition coefficient (Wildman–Crippen LogP) is 7.61. The molecular weight excluding hydrogens is 745 g/mol. The monoisotopic (exact) mass is 784 g/mol. The molecular formula is C40H40N4O9S2. The van der Waals surface area contributed by atoms with Crippen LogP contribution in [-0.2, 0) is 18.9 Å². The molecule has 2 amide bonds. The van der Waals surface area contributed by atoms with Crippen LogP contribution in [0.25, 0.3) is 20.4 Å². The maximum absolute atomic E-state index is 12.6. The summed E-state index contributed by atoms with van der Waals surface area (Å²) in [6.07, 6.45) is -0.305. The van der Waals surface area contributed by atoms with Gasteiger partial charge in [0.25, 0.3) is 11.8 Å². The van der Waals surface area contributed by atoms with Crippen LogP contribution in [0.15, 0.2) is 72.8 Å². The number of carbonyl (C=O) groups is 2. The average Bonchev–Trinajstić information content (AvgIpc) is 3.85. The lowest BCUT2D eigenvalue weighted by atomic mass is 10.1. The van der Waals surface area contributed by atoms with Crippen LogP contribution in [0.4, 0.5) is 10.3 Å². The highest BCUT2D eigenvalue weighted by molar-refractivity contribution is 7.23. The van der Waals surface area contributed by atoms with E-state index in [1.807, 2.05) is 43.3 Å². The molecule has 2 saturated heterocycles. The summed E-state index contributed by atoms with van der Waals surface area (Å²) in [4.78, 5) is 34.3. The molecule has 13 nitrogen and oxygen atoms in total. The number of hydrogen-bond donors (Lipinski definition) is 2. The lowest BCUT2D eigenvalue weighted by Crippen LogP contribution is -2.21. The van der Waals surface area contributed by atoms with Gasteiger partial charge in [0.1, 0.15) is 40.5 Å². The zero-order valence-corrected chi connectivity index (χ0v) is 32.3. The van der Waals surface area contributed by atoms with E-state index in [2.05, 4.69) is 20.6 Å². The van der Waals surface area contributed by atoms with Gasteiger partial charge in [0.05, 0.1) is 70.4 Å². The number of fused-ring (bicyclic) bond motifs is 2. The number of methoxy groups -OCH3 is 3. The number of carbonyl (C=O) groups excluding carboxylic acids is 2. The average molecular weight is 785 g/mol. The van der Waals surface area contributed by atoms with Crippen molar-refractivity contribution in [2.24, 2.45) is 0 Å². The van der Waals surface area contributed by atoms with Crippen molar-refractivity contribution < 1.29 is 42.7 Å². The maximum atomic E-state index is 12.6. The summed E-state index contributed by atoms with van der Waals surface area (Å²) >= 11 is 2.81. The summed E-state index contributed by atoms with van der Waals surface area (Å²) in [5.74, 6) is 1.58. The van der Waals surface area contributed by atoms with Crippen LogP contribution in [0.1, 0.15) is 49.6 Å². The van der Waals surface area contributed by atoms with Gasteiger partial charge < -0.3 is 33.2 Å². The highest BCUT2D eigenvalue weighted by atomic mass is 32.1. The number of amides is 2. The Bertz CT molecular complexity index is 2260. The molecule has 2 unspecified atom stereocenters. The summed E-state index contributed by atoms with van der Waals surface area (Å²) in [7, 11) is 4.80. The molecule has 55 heavy (non-hydrogen) atoms. The first-order valence-corrected chi connectivity index (χ1v) is 19.2. The first kappa shape index (κ1) is 38.1. The van der Waals surface area contributed by atoms with Crippen LogP contribution in [0.3, 0.4) is 0 Å². The molecule has 0 radical (unpaired) electrons. The fourth-order valence-corrected chi connectivity index (χ4v) is 8.14. The second-order valence-corrected chi connectivity index (χ2v) is 14.5. The SMILES string of the molecule is COc1ccc(C(=O)Nc2nc3c(OC)ccc(C4COCCO4)c3s2)cc1.COc1ccc(C2COCCO2)c2sc(NC(=O)c3ccc(C)cc3)nc12.